The largest absolute Gasteiger partial charge is 0.389 e. The molecule has 0 aliphatic carbocycles. The van der Waals surface area contributed by atoms with Crippen molar-refractivity contribution in [1.29, 1.82) is 0 Å². The van der Waals surface area contributed by atoms with Gasteiger partial charge in [0, 0.05) is 13.0 Å². The highest BCUT2D eigenvalue weighted by atomic mass is 19.4. The molecule has 0 aliphatic heterocycles. The molecule has 0 saturated carbocycles. The fourth-order valence-corrected chi connectivity index (χ4v) is 1.24. The number of alkyl halides is 3. The monoisotopic (exact) mass is 267 g/mol. The maximum absolute atomic E-state index is 11.9. The van der Waals surface area contributed by atoms with E-state index >= 15 is 0 Å². The second kappa shape index (κ2) is 5.02. The average molecular weight is 267 g/mol. The van der Waals surface area contributed by atoms with E-state index in [9.17, 15) is 32.9 Å². The summed E-state index contributed by atoms with van der Waals surface area (Å²) in [6.07, 6.45) is -5.26. The highest BCUT2D eigenvalue weighted by Crippen LogP contribution is 2.21. The van der Waals surface area contributed by atoms with Crippen molar-refractivity contribution < 1.29 is 18.1 Å². The highest BCUT2D eigenvalue weighted by molar-refractivity contribution is 5.20. The Morgan fingerprint density at radius 2 is 2.00 bits per heavy atom. The Bertz CT molecular complexity index is 560. The number of aromatic amines is 1. The first kappa shape index (κ1) is 13.9. The molecule has 0 aliphatic rings. The lowest BCUT2D eigenvalue weighted by atomic mass is 10.3. The Morgan fingerprint density at radius 3 is 2.50 bits per heavy atom. The van der Waals surface area contributed by atoms with Crippen LogP contribution in [0.15, 0.2) is 15.8 Å². The standard InChI is InChI=1S/C8H8F3N3O4/c9-8(10,11)2-1-3-13-4-5(14(17)18)6(15)12-7(13)16/h4H,1-3H2,(H,12,15,16). The smallest absolute Gasteiger partial charge is 0.294 e. The molecule has 1 aromatic heterocycles. The molecule has 0 radical (unpaired) electrons. The molecule has 0 aromatic carbocycles. The van der Waals surface area contributed by atoms with Crippen LogP contribution in [0.4, 0.5) is 18.9 Å². The fourth-order valence-electron chi connectivity index (χ4n) is 1.24. The van der Waals surface area contributed by atoms with Gasteiger partial charge in [0.25, 0.3) is 0 Å². The molecule has 7 nitrogen and oxygen atoms in total. The second-order valence-corrected chi connectivity index (χ2v) is 3.44. The van der Waals surface area contributed by atoms with Crippen LogP contribution < -0.4 is 11.2 Å². The molecule has 1 N–H and O–H groups in total. The van der Waals surface area contributed by atoms with E-state index in [1.165, 1.54) is 0 Å². The summed E-state index contributed by atoms with van der Waals surface area (Å²) in [7, 11) is 0. The van der Waals surface area contributed by atoms with E-state index in [0.29, 0.717) is 10.8 Å². The number of nitrogens with one attached hydrogen (secondary N) is 1. The van der Waals surface area contributed by atoms with Gasteiger partial charge in [0.05, 0.1) is 11.1 Å². The molecule has 1 heterocycles. The van der Waals surface area contributed by atoms with E-state index in [-0.39, 0.29) is 6.54 Å². The molecule has 0 spiro atoms. The van der Waals surface area contributed by atoms with Crippen molar-refractivity contribution in [2.24, 2.45) is 0 Å². The number of hydrogen-bond donors (Lipinski definition) is 1. The lowest BCUT2D eigenvalue weighted by Gasteiger charge is -2.07. The lowest BCUT2D eigenvalue weighted by molar-refractivity contribution is -0.386. The van der Waals surface area contributed by atoms with Crippen molar-refractivity contribution in [3.8, 4) is 0 Å². The number of H-pyrrole nitrogens is 1. The number of rotatable bonds is 4. The van der Waals surface area contributed by atoms with Gasteiger partial charge in [0.2, 0.25) is 0 Å². The fraction of sp³-hybridized carbons (Fsp3) is 0.500. The van der Waals surface area contributed by atoms with Gasteiger partial charge in [-0.25, -0.2) is 4.79 Å². The Hall–Kier alpha value is -2.13. The number of nitro groups is 1. The van der Waals surface area contributed by atoms with Crippen LogP contribution in [-0.4, -0.2) is 20.7 Å². The molecule has 100 valence electrons. The van der Waals surface area contributed by atoms with Crippen molar-refractivity contribution >= 4 is 5.69 Å². The molecule has 18 heavy (non-hydrogen) atoms. The molecule has 0 atom stereocenters. The minimum Gasteiger partial charge on any atom is -0.294 e. The van der Waals surface area contributed by atoms with Crippen LogP contribution in [0.2, 0.25) is 0 Å². The summed E-state index contributed by atoms with van der Waals surface area (Å²) >= 11 is 0. The van der Waals surface area contributed by atoms with Crippen molar-refractivity contribution in [1.82, 2.24) is 9.55 Å². The zero-order valence-corrected chi connectivity index (χ0v) is 8.86. The van der Waals surface area contributed by atoms with Crippen molar-refractivity contribution in [2.45, 2.75) is 25.6 Å². The number of aryl methyl sites for hydroxylation is 1. The van der Waals surface area contributed by atoms with Crippen LogP contribution in [0, 0.1) is 10.1 Å². The first-order chi connectivity index (χ1) is 8.20. The third-order valence-corrected chi connectivity index (χ3v) is 2.05. The summed E-state index contributed by atoms with van der Waals surface area (Å²) < 4.78 is 36.3. The molecule has 0 unspecified atom stereocenters. The summed E-state index contributed by atoms with van der Waals surface area (Å²) in [5.41, 5.74) is -3.05. The van der Waals surface area contributed by atoms with Crippen molar-refractivity contribution in [2.75, 3.05) is 0 Å². The molecule has 0 bridgehead atoms. The summed E-state index contributed by atoms with van der Waals surface area (Å²) in [4.78, 5) is 33.2. The van der Waals surface area contributed by atoms with Gasteiger partial charge in [-0.1, -0.05) is 0 Å². The van der Waals surface area contributed by atoms with Crippen LogP contribution in [-0.2, 0) is 6.54 Å². The number of nitrogens with zero attached hydrogens (tertiary/aromatic N) is 2. The number of halogens is 3. The second-order valence-electron chi connectivity index (χ2n) is 3.44. The molecule has 0 amide bonds. The van der Waals surface area contributed by atoms with E-state index in [2.05, 4.69) is 0 Å². The van der Waals surface area contributed by atoms with E-state index in [1.54, 1.807) is 4.98 Å². The zero-order chi connectivity index (χ0) is 13.9. The van der Waals surface area contributed by atoms with Gasteiger partial charge in [-0.05, 0) is 6.42 Å². The molecule has 1 aromatic rings. The Labute approximate surface area is 97.0 Å². The van der Waals surface area contributed by atoms with Gasteiger partial charge < -0.3 is 0 Å². The highest BCUT2D eigenvalue weighted by Gasteiger charge is 2.26. The first-order valence-corrected chi connectivity index (χ1v) is 4.75. The predicted octanol–water partition coefficient (Wildman–Crippen LogP) is 0.787. The summed E-state index contributed by atoms with van der Waals surface area (Å²) in [5, 5.41) is 10.4. The SMILES string of the molecule is O=c1[nH]c(=O)n(CCCC(F)(F)F)cc1[N+](=O)[O-]. The maximum Gasteiger partial charge on any atom is 0.389 e. The van der Waals surface area contributed by atoms with Gasteiger partial charge in [-0.15, -0.1) is 0 Å². The van der Waals surface area contributed by atoms with E-state index in [4.69, 9.17) is 0 Å². The van der Waals surface area contributed by atoms with E-state index < -0.39 is 40.9 Å². The van der Waals surface area contributed by atoms with Gasteiger partial charge in [-0.3, -0.25) is 24.5 Å². The number of hydrogen-bond acceptors (Lipinski definition) is 4. The zero-order valence-electron chi connectivity index (χ0n) is 8.86. The predicted molar refractivity (Wildman–Crippen MR) is 53.3 cm³/mol. The quantitative estimate of drug-likeness (QED) is 0.644. The molecule has 1 rings (SSSR count). The van der Waals surface area contributed by atoms with Crippen LogP contribution in [0.1, 0.15) is 12.8 Å². The maximum atomic E-state index is 11.9. The molecular weight excluding hydrogens is 259 g/mol. The minimum absolute atomic E-state index is 0.365. The van der Waals surface area contributed by atoms with Crippen molar-refractivity contribution in [3.05, 3.63) is 37.1 Å². The van der Waals surface area contributed by atoms with Gasteiger partial charge in [0.15, 0.2) is 0 Å². The first-order valence-electron chi connectivity index (χ1n) is 4.75. The molecule has 10 heteroatoms. The Balaban J connectivity index is 2.90. The topological polar surface area (TPSA) is 98.0 Å². The van der Waals surface area contributed by atoms with E-state index in [1.807, 2.05) is 0 Å². The summed E-state index contributed by atoms with van der Waals surface area (Å²) in [6.45, 7) is -0.365. The average Bonchev–Trinajstić information content (AvgIpc) is 2.18. The summed E-state index contributed by atoms with van der Waals surface area (Å²) in [5.74, 6) is 0. The van der Waals surface area contributed by atoms with Crippen LogP contribution in [0.3, 0.4) is 0 Å². The van der Waals surface area contributed by atoms with Crippen LogP contribution in [0.5, 0.6) is 0 Å². The van der Waals surface area contributed by atoms with Crippen LogP contribution in [0.25, 0.3) is 0 Å². The van der Waals surface area contributed by atoms with Gasteiger partial charge in [-0.2, -0.15) is 13.2 Å². The van der Waals surface area contributed by atoms with Gasteiger partial charge >= 0.3 is 23.1 Å². The molecular formula is C8H8F3N3O4. The normalized spacial score (nSPS) is 11.5. The van der Waals surface area contributed by atoms with Crippen molar-refractivity contribution in [3.63, 3.8) is 0 Å². The minimum atomic E-state index is -4.36. The molecule has 0 saturated heterocycles. The van der Waals surface area contributed by atoms with E-state index in [0.717, 1.165) is 0 Å². The Morgan fingerprint density at radius 1 is 1.39 bits per heavy atom. The Kier molecular flexibility index (Phi) is 3.89. The third-order valence-electron chi connectivity index (χ3n) is 2.05. The van der Waals surface area contributed by atoms with Crippen LogP contribution >= 0.6 is 0 Å². The lowest BCUT2D eigenvalue weighted by Crippen LogP contribution is -2.31. The summed E-state index contributed by atoms with van der Waals surface area (Å²) in [6, 6.07) is 0. The number of aromatic nitrogens is 2. The molecule has 0 fully saturated rings. The van der Waals surface area contributed by atoms with Gasteiger partial charge in [0.1, 0.15) is 0 Å². The third kappa shape index (κ3) is 3.71.